The molecule has 0 saturated carbocycles. The number of benzene rings is 1. The van der Waals surface area contributed by atoms with Gasteiger partial charge in [-0.25, -0.2) is 0 Å². The van der Waals surface area contributed by atoms with Crippen molar-refractivity contribution in [2.75, 3.05) is 0 Å². The zero-order valence-corrected chi connectivity index (χ0v) is 11.4. The van der Waals surface area contributed by atoms with Crippen LogP contribution in [0.25, 0.3) is 0 Å². The van der Waals surface area contributed by atoms with Crippen molar-refractivity contribution in [3.63, 3.8) is 0 Å². The Balaban J connectivity index is 2.96. The topological polar surface area (TPSA) is 0 Å². The lowest BCUT2D eigenvalue weighted by Gasteiger charge is -2.22. The predicted molar refractivity (Wildman–Crippen MR) is 69.4 cm³/mol. The molecule has 0 spiro atoms. The van der Waals surface area contributed by atoms with Crippen molar-refractivity contribution in [2.24, 2.45) is 5.92 Å². The van der Waals surface area contributed by atoms with Crippen molar-refractivity contribution < 1.29 is 0 Å². The highest BCUT2D eigenvalue weighted by atomic mass is 35.5. The molecule has 0 radical (unpaired) electrons. The van der Waals surface area contributed by atoms with Gasteiger partial charge >= 0.3 is 0 Å². The van der Waals surface area contributed by atoms with Crippen LogP contribution in [0.1, 0.15) is 32.3 Å². The van der Waals surface area contributed by atoms with Crippen molar-refractivity contribution in [3.05, 3.63) is 33.8 Å². The van der Waals surface area contributed by atoms with Gasteiger partial charge in [0, 0.05) is 15.4 Å². The van der Waals surface area contributed by atoms with E-state index in [1.54, 1.807) is 6.07 Å². The lowest BCUT2D eigenvalue weighted by Crippen LogP contribution is -2.16. The Morgan fingerprint density at radius 1 is 1.07 bits per heavy atom. The van der Waals surface area contributed by atoms with Gasteiger partial charge in [-0.05, 0) is 29.5 Å². The Morgan fingerprint density at radius 2 is 1.67 bits per heavy atom. The molecule has 0 nitrogen and oxygen atoms in total. The van der Waals surface area contributed by atoms with Crippen LogP contribution in [0.15, 0.2) is 18.2 Å². The second kappa shape index (κ2) is 5.43. The van der Waals surface area contributed by atoms with E-state index in [1.165, 1.54) is 0 Å². The third-order valence-corrected chi connectivity index (χ3v) is 4.01. The number of hydrogen-bond donors (Lipinski definition) is 0. The summed E-state index contributed by atoms with van der Waals surface area (Å²) in [5.41, 5.74) is 1.06. The molecule has 84 valence electrons. The molecule has 0 saturated heterocycles. The van der Waals surface area contributed by atoms with Crippen LogP contribution >= 0.6 is 34.8 Å². The summed E-state index contributed by atoms with van der Waals surface area (Å²) in [5, 5.41) is 1.44. The summed E-state index contributed by atoms with van der Waals surface area (Å²) in [7, 11) is 0. The largest absolute Gasteiger partial charge is 0.122 e. The molecule has 0 fully saturated rings. The molecule has 0 aliphatic heterocycles. The van der Waals surface area contributed by atoms with E-state index >= 15 is 0 Å². The Kier molecular flexibility index (Phi) is 4.76. The molecule has 0 aromatic heterocycles. The molecule has 2 unspecified atom stereocenters. The number of alkyl halides is 1. The lowest BCUT2D eigenvalue weighted by molar-refractivity contribution is 0.534. The molecule has 3 heteroatoms. The van der Waals surface area contributed by atoms with Gasteiger partial charge in [-0.2, -0.15) is 0 Å². The predicted octanol–water partition coefficient (Wildman–Crippen LogP) is 5.36. The number of rotatable bonds is 3. The molecule has 0 bridgehead atoms. The molecule has 0 heterocycles. The molecule has 0 aliphatic carbocycles. The first-order valence-corrected chi connectivity index (χ1v) is 6.21. The van der Waals surface area contributed by atoms with Crippen LogP contribution in [0.3, 0.4) is 0 Å². The fraction of sp³-hybridized carbons (Fsp3) is 0.500. The van der Waals surface area contributed by atoms with Gasteiger partial charge in [0.25, 0.3) is 0 Å². The fourth-order valence-corrected chi connectivity index (χ4v) is 2.34. The van der Waals surface area contributed by atoms with Gasteiger partial charge in [-0.15, -0.1) is 11.6 Å². The quantitative estimate of drug-likeness (QED) is 0.645. The van der Waals surface area contributed by atoms with Gasteiger partial charge < -0.3 is 0 Å². The maximum atomic E-state index is 6.32. The Hall–Kier alpha value is 0.0900. The minimum absolute atomic E-state index is 0.0867. The highest BCUT2D eigenvalue weighted by Gasteiger charge is 2.21. The zero-order valence-electron chi connectivity index (χ0n) is 9.10. The summed E-state index contributed by atoms with van der Waals surface area (Å²) in [6.45, 7) is 6.31. The molecule has 0 amide bonds. The van der Waals surface area contributed by atoms with E-state index in [0.29, 0.717) is 16.0 Å². The first-order chi connectivity index (χ1) is 6.93. The Bertz CT molecular complexity index is 334. The standard InChI is InChI=1S/C12H15Cl3/c1-7(2)12(15)8(3)10-5-4-9(13)6-11(10)14/h4-8,12H,1-3H3. The van der Waals surface area contributed by atoms with Crippen molar-refractivity contribution in [3.8, 4) is 0 Å². The van der Waals surface area contributed by atoms with E-state index in [2.05, 4.69) is 20.8 Å². The van der Waals surface area contributed by atoms with Gasteiger partial charge in [0.2, 0.25) is 0 Å². The van der Waals surface area contributed by atoms with Gasteiger partial charge in [0.1, 0.15) is 0 Å². The van der Waals surface area contributed by atoms with Gasteiger partial charge in [0.15, 0.2) is 0 Å². The molecular formula is C12H15Cl3. The van der Waals surface area contributed by atoms with Gasteiger partial charge in [0.05, 0.1) is 0 Å². The summed E-state index contributed by atoms with van der Waals surface area (Å²) in [6.07, 6.45) is 0. The Morgan fingerprint density at radius 3 is 2.13 bits per heavy atom. The van der Waals surface area contributed by atoms with Crippen LogP contribution in [0.4, 0.5) is 0 Å². The van der Waals surface area contributed by atoms with E-state index in [0.717, 1.165) is 5.56 Å². The average molecular weight is 266 g/mol. The van der Waals surface area contributed by atoms with Gasteiger partial charge in [-0.1, -0.05) is 50.0 Å². The minimum Gasteiger partial charge on any atom is -0.122 e. The van der Waals surface area contributed by atoms with E-state index in [-0.39, 0.29) is 11.3 Å². The SMILES string of the molecule is CC(C)C(Cl)C(C)c1ccc(Cl)cc1Cl. The second-order valence-corrected chi connectivity index (χ2v) is 5.49. The van der Waals surface area contributed by atoms with E-state index in [4.69, 9.17) is 34.8 Å². The summed E-state index contributed by atoms with van der Waals surface area (Å²) < 4.78 is 0. The monoisotopic (exact) mass is 264 g/mol. The lowest BCUT2D eigenvalue weighted by atomic mass is 9.91. The summed E-state index contributed by atoms with van der Waals surface area (Å²) >= 11 is 18.3. The van der Waals surface area contributed by atoms with Gasteiger partial charge in [-0.3, -0.25) is 0 Å². The highest BCUT2D eigenvalue weighted by molar-refractivity contribution is 6.35. The first-order valence-electron chi connectivity index (χ1n) is 5.02. The van der Waals surface area contributed by atoms with Crippen molar-refractivity contribution >= 4 is 34.8 Å². The average Bonchev–Trinajstić information content (AvgIpc) is 2.15. The second-order valence-electron chi connectivity index (χ2n) is 4.14. The van der Waals surface area contributed by atoms with Crippen molar-refractivity contribution in [2.45, 2.75) is 32.1 Å². The molecule has 0 aliphatic rings. The molecule has 1 aromatic rings. The van der Waals surface area contributed by atoms with Crippen LogP contribution in [-0.2, 0) is 0 Å². The van der Waals surface area contributed by atoms with Crippen LogP contribution in [0, 0.1) is 5.92 Å². The summed E-state index contributed by atoms with van der Waals surface area (Å²) in [5.74, 6) is 0.657. The smallest absolute Gasteiger partial charge is 0.0456 e. The van der Waals surface area contributed by atoms with E-state index in [1.807, 2.05) is 12.1 Å². The van der Waals surface area contributed by atoms with Crippen LogP contribution in [0.5, 0.6) is 0 Å². The minimum atomic E-state index is 0.0867. The summed E-state index contributed by atoms with van der Waals surface area (Å²) in [6, 6.07) is 5.56. The normalized spacial score (nSPS) is 15.4. The van der Waals surface area contributed by atoms with Crippen molar-refractivity contribution in [1.29, 1.82) is 0 Å². The van der Waals surface area contributed by atoms with E-state index in [9.17, 15) is 0 Å². The molecule has 1 aromatic carbocycles. The first kappa shape index (κ1) is 13.2. The van der Waals surface area contributed by atoms with E-state index < -0.39 is 0 Å². The molecular weight excluding hydrogens is 250 g/mol. The molecule has 1 rings (SSSR count). The zero-order chi connectivity index (χ0) is 11.6. The maximum Gasteiger partial charge on any atom is 0.0456 e. The fourth-order valence-electron chi connectivity index (χ4n) is 1.62. The maximum absolute atomic E-state index is 6.32. The summed E-state index contributed by atoms with van der Waals surface area (Å²) in [4.78, 5) is 0. The molecule has 2 atom stereocenters. The highest BCUT2D eigenvalue weighted by Crippen LogP contribution is 2.33. The number of halogens is 3. The Labute approximate surface area is 107 Å². The molecule has 0 N–H and O–H groups in total. The van der Waals surface area contributed by atoms with Crippen LogP contribution < -0.4 is 0 Å². The van der Waals surface area contributed by atoms with Crippen LogP contribution in [0.2, 0.25) is 10.0 Å². The van der Waals surface area contributed by atoms with Crippen molar-refractivity contribution in [1.82, 2.24) is 0 Å². The van der Waals surface area contributed by atoms with Crippen LogP contribution in [-0.4, -0.2) is 5.38 Å². The number of hydrogen-bond acceptors (Lipinski definition) is 0. The third kappa shape index (κ3) is 3.27. The third-order valence-electron chi connectivity index (χ3n) is 2.57. The molecule has 15 heavy (non-hydrogen) atoms.